The van der Waals surface area contributed by atoms with E-state index in [2.05, 4.69) is 28.7 Å². The second-order valence-electron chi connectivity index (χ2n) is 5.31. The Morgan fingerprint density at radius 2 is 2.19 bits per heavy atom. The van der Waals surface area contributed by atoms with Gasteiger partial charge in [0.1, 0.15) is 0 Å². The van der Waals surface area contributed by atoms with E-state index < -0.39 is 0 Å². The zero-order chi connectivity index (χ0) is 12.2. The van der Waals surface area contributed by atoms with Crippen LogP contribution in [-0.4, -0.2) is 27.8 Å². The monoisotopic (exact) mass is 225 g/mol. The Morgan fingerprint density at radius 1 is 1.50 bits per heavy atom. The highest BCUT2D eigenvalue weighted by atomic mass is 16.3. The lowest BCUT2D eigenvalue weighted by atomic mass is 9.95. The molecule has 0 atom stereocenters. The number of imidazole rings is 1. The molecule has 2 N–H and O–H groups in total. The Labute approximate surface area is 97.7 Å². The molecule has 1 rings (SSSR count). The summed E-state index contributed by atoms with van der Waals surface area (Å²) in [6.07, 6.45) is 3.75. The molecule has 0 bridgehead atoms. The van der Waals surface area contributed by atoms with E-state index >= 15 is 0 Å². The van der Waals surface area contributed by atoms with Gasteiger partial charge >= 0.3 is 0 Å². The topological polar surface area (TPSA) is 50.1 Å². The predicted octanol–water partition coefficient (Wildman–Crippen LogP) is 1.57. The normalized spacial score (nSPS) is 12.4. The van der Waals surface area contributed by atoms with E-state index in [4.69, 9.17) is 5.11 Å². The number of nitrogens with one attached hydrogen (secondary N) is 1. The third kappa shape index (κ3) is 3.61. The summed E-state index contributed by atoms with van der Waals surface area (Å²) in [5, 5.41) is 12.5. The molecule has 1 aromatic heterocycles. The molecule has 0 saturated carbocycles. The molecular weight excluding hydrogens is 202 g/mol. The fourth-order valence-corrected chi connectivity index (χ4v) is 1.52. The first-order valence-corrected chi connectivity index (χ1v) is 5.78. The van der Waals surface area contributed by atoms with Crippen molar-refractivity contribution in [2.24, 2.45) is 5.41 Å². The van der Waals surface area contributed by atoms with Crippen LogP contribution in [0.2, 0.25) is 0 Å². The van der Waals surface area contributed by atoms with Crippen LogP contribution < -0.4 is 5.32 Å². The van der Waals surface area contributed by atoms with Gasteiger partial charge in [0.15, 0.2) is 0 Å². The number of aliphatic hydroxyl groups excluding tert-OH is 1. The van der Waals surface area contributed by atoms with Gasteiger partial charge in [-0.15, -0.1) is 0 Å². The van der Waals surface area contributed by atoms with Crippen molar-refractivity contribution < 1.29 is 5.11 Å². The molecule has 1 heterocycles. The summed E-state index contributed by atoms with van der Waals surface area (Å²) in [5.74, 6) is 0. The highest BCUT2D eigenvalue weighted by Crippen LogP contribution is 2.12. The summed E-state index contributed by atoms with van der Waals surface area (Å²) < 4.78 is 2.15. The summed E-state index contributed by atoms with van der Waals surface area (Å²) >= 11 is 0. The van der Waals surface area contributed by atoms with Gasteiger partial charge in [0.2, 0.25) is 0 Å². The minimum absolute atomic E-state index is 0.0668. The fourth-order valence-electron chi connectivity index (χ4n) is 1.52. The van der Waals surface area contributed by atoms with Crippen molar-refractivity contribution in [1.29, 1.82) is 0 Å². The maximum Gasteiger partial charge on any atom is 0.0951 e. The molecule has 1 aromatic rings. The Bertz CT molecular complexity index is 318. The van der Waals surface area contributed by atoms with E-state index in [1.807, 2.05) is 26.4 Å². The number of rotatable bonds is 6. The molecule has 0 aliphatic carbocycles. The first kappa shape index (κ1) is 13.2. The van der Waals surface area contributed by atoms with Gasteiger partial charge in [0.05, 0.1) is 12.0 Å². The average molecular weight is 225 g/mol. The minimum Gasteiger partial charge on any atom is -0.396 e. The zero-order valence-electron chi connectivity index (χ0n) is 10.7. The molecule has 4 heteroatoms. The van der Waals surface area contributed by atoms with Crippen LogP contribution >= 0.6 is 0 Å². The predicted molar refractivity (Wildman–Crippen MR) is 65.2 cm³/mol. The van der Waals surface area contributed by atoms with Crippen molar-refractivity contribution in [2.45, 2.75) is 40.3 Å². The number of hydrogen-bond donors (Lipinski definition) is 2. The van der Waals surface area contributed by atoms with Crippen LogP contribution in [0.5, 0.6) is 0 Å². The third-order valence-electron chi connectivity index (χ3n) is 2.64. The summed E-state index contributed by atoms with van der Waals surface area (Å²) in [7, 11) is 0. The van der Waals surface area contributed by atoms with Crippen molar-refractivity contribution >= 4 is 0 Å². The molecule has 4 nitrogen and oxygen atoms in total. The third-order valence-corrected chi connectivity index (χ3v) is 2.64. The van der Waals surface area contributed by atoms with Crippen LogP contribution in [0, 0.1) is 5.41 Å². The van der Waals surface area contributed by atoms with Crippen LogP contribution in [0.1, 0.15) is 39.4 Å². The summed E-state index contributed by atoms with van der Waals surface area (Å²) in [4.78, 5) is 4.15. The highest BCUT2D eigenvalue weighted by Gasteiger charge is 2.15. The standard InChI is InChI=1S/C12H23N3O/c1-10(2)15-9-14-6-11(15)5-13-7-12(3,4)8-16/h6,9-10,13,16H,5,7-8H2,1-4H3. The van der Waals surface area contributed by atoms with E-state index in [1.54, 1.807) is 0 Å². The van der Waals surface area contributed by atoms with Crippen LogP contribution in [0.4, 0.5) is 0 Å². The average Bonchev–Trinajstić information content (AvgIpc) is 2.66. The van der Waals surface area contributed by atoms with E-state index in [9.17, 15) is 0 Å². The molecule has 0 amide bonds. The van der Waals surface area contributed by atoms with E-state index in [-0.39, 0.29) is 12.0 Å². The van der Waals surface area contributed by atoms with Crippen molar-refractivity contribution in [3.05, 3.63) is 18.2 Å². The van der Waals surface area contributed by atoms with Gasteiger partial charge in [-0.05, 0) is 13.8 Å². The van der Waals surface area contributed by atoms with Gasteiger partial charge in [-0.1, -0.05) is 13.8 Å². The number of aliphatic hydroxyl groups is 1. The van der Waals surface area contributed by atoms with Gasteiger partial charge in [-0.2, -0.15) is 0 Å². The van der Waals surface area contributed by atoms with Gasteiger partial charge < -0.3 is 15.0 Å². The van der Waals surface area contributed by atoms with Crippen LogP contribution in [0.3, 0.4) is 0 Å². The number of hydrogen-bond acceptors (Lipinski definition) is 3. The Morgan fingerprint density at radius 3 is 2.75 bits per heavy atom. The zero-order valence-corrected chi connectivity index (χ0v) is 10.7. The fraction of sp³-hybridized carbons (Fsp3) is 0.750. The molecule has 0 unspecified atom stereocenters. The second kappa shape index (κ2) is 5.46. The minimum atomic E-state index is -0.0668. The first-order valence-electron chi connectivity index (χ1n) is 5.78. The molecule has 0 aliphatic rings. The van der Waals surface area contributed by atoms with Crippen molar-refractivity contribution in [3.8, 4) is 0 Å². The second-order valence-corrected chi connectivity index (χ2v) is 5.31. The van der Waals surface area contributed by atoms with E-state index in [0.29, 0.717) is 6.04 Å². The van der Waals surface area contributed by atoms with Crippen molar-refractivity contribution in [1.82, 2.24) is 14.9 Å². The van der Waals surface area contributed by atoms with E-state index in [1.165, 1.54) is 5.69 Å². The smallest absolute Gasteiger partial charge is 0.0951 e. The Hall–Kier alpha value is -0.870. The van der Waals surface area contributed by atoms with Crippen LogP contribution in [0.15, 0.2) is 12.5 Å². The maximum absolute atomic E-state index is 9.14. The van der Waals surface area contributed by atoms with Gasteiger partial charge in [0, 0.05) is 37.4 Å². The molecule has 0 radical (unpaired) electrons. The van der Waals surface area contributed by atoms with E-state index in [0.717, 1.165) is 13.1 Å². The SMILES string of the molecule is CC(C)n1cncc1CNCC(C)(C)CO. The van der Waals surface area contributed by atoms with Crippen molar-refractivity contribution in [2.75, 3.05) is 13.2 Å². The number of aromatic nitrogens is 2. The molecule has 0 aromatic carbocycles. The summed E-state index contributed by atoms with van der Waals surface area (Å²) in [6, 6.07) is 0.435. The summed E-state index contributed by atoms with van der Waals surface area (Å²) in [6.45, 7) is 10.2. The molecule has 0 saturated heterocycles. The molecular formula is C12H23N3O. The molecule has 0 spiro atoms. The largest absolute Gasteiger partial charge is 0.396 e. The number of nitrogens with zero attached hydrogens (tertiary/aromatic N) is 2. The van der Waals surface area contributed by atoms with Crippen molar-refractivity contribution in [3.63, 3.8) is 0 Å². The molecule has 0 fully saturated rings. The molecule has 0 aliphatic heterocycles. The van der Waals surface area contributed by atoms with Gasteiger partial charge in [-0.25, -0.2) is 4.98 Å². The van der Waals surface area contributed by atoms with Gasteiger partial charge in [0.25, 0.3) is 0 Å². The van der Waals surface area contributed by atoms with Gasteiger partial charge in [-0.3, -0.25) is 0 Å². The lowest BCUT2D eigenvalue weighted by Crippen LogP contribution is -2.32. The highest BCUT2D eigenvalue weighted by molar-refractivity contribution is 4.99. The van der Waals surface area contributed by atoms with Crippen LogP contribution in [-0.2, 0) is 6.54 Å². The maximum atomic E-state index is 9.14. The molecule has 92 valence electrons. The first-order chi connectivity index (χ1) is 7.46. The molecule has 16 heavy (non-hydrogen) atoms. The Balaban J connectivity index is 2.46. The summed E-state index contributed by atoms with van der Waals surface area (Å²) in [5.41, 5.74) is 1.12. The quantitative estimate of drug-likeness (QED) is 0.772. The Kier molecular flexibility index (Phi) is 4.50. The van der Waals surface area contributed by atoms with Crippen LogP contribution in [0.25, 0.3) is 0 Å². The lowest BCUT2D eigenvalue weighted by Gasteiger charge is -2.22. The lowest BCUT2D eigenvalue weighted by molar-refractivity contribution is 0.156.